The molecule has 0 aliphatic carbocycles. The summed E-state index contributed by atoms with van der Waals surface area (Å²) in [5.74, 6) is 0.975. The van der Waals surface area contributed by atoms with E-state index in [1.165, 1.54) is 12.4 Å². The molecular weight excluding hydrogens is 266 g/mol. The minimum absolute atomic E-state index is 0.0833. The molecule has 0 saturated carbocycles. The van der Waals surface area contributed by atoms with Crippen molar-refractivity contribution in [3.05, 3.63) is 41.7 Å². The van der Waals surface area contributed by atoms with Crippen LogP contribution in [-0.2, 0) is 0 Å². The van der Waals surface area contributed by atoms with Crippen LogP contribution < -0.4 is 21.5 Å². The third-order valence-electron chi connectivity index (χ3n) is 2.77. The van der Waals surface area contributed by atoms with Crippen LogP contribution in [0.1, 0.15) is 25.5 Å². The number of hydrogen-bond acceptors (Lipinski definition) is 5. The molecule has 0 fully saturated rings. The molecule has 114 valence electrons. The second kappa shape index (κ2) is 8.76. The minimum atomic E-state index is -0.0833. The number of aliphatic imine (C=N–C) groups is 1. The standard InChI is InChI=1S/C15H23N5O/c1-11(9-17)19-10-15(18)20-12(2)13-5-3-4-6-14(13)21-8-7-16/h3-6,9-10,12H,7-8,16-17H2,1-2H3,(H2,18,20)/b11-9-,19-10-. The summed E-state index contributed by atoms with van der Waals surface area (Å²) in [6, 6.07) is 7.60. The Hall–Kier alpha value is -2.34. The molecule has 1 unspecified atom stereocenters. The van der Waals surface area contributed by atoms with Gasteiger partial charge >= 0.3 is 0 Å². The molecule has 6 nitrogen and oxygen atoms in total. The molecule has 1 atom stereocenters. The van der Waals surface area contributed by atoms with E-state index in [0.717, 1.165) is 11.3 Å². The van der Waals surface area contributed by atoms with Crippen molar-refractivity contribution in [3.63, 3.8) is 0 Å². The van der Waals surface area contributed by atoms with Gasteiger partial charge in [-0.05, 0) is 19.9 Å². The first-order valence-corrected chi connectivity index (χ1v) is 6.78. The molecule has 0 radical (unpaired) electrons. The van der Waals surface area contributed by atoms with Crippen molar-refractivity contribution in [1.29, 1.82) is 5.41 Å². The average Bonchev–Trinajstić information content (AvgIpc) is 2.50. The summed E-state index contributed by atoms with van der Waals surface area (Å²) in [5.41, 5.74) is 12.4. The zero-order valence-electron chi connectivity index (χ0n) is 12.5. The van der Waals surface area contributed by atoms with Crippen LogP contribution in [0.4, 0.5) is 0 Å². The quantitative estimate of drug-likeness (QED) is 0.451. The maximum absolute atomic E-state index is 7.86. The molecule has 0 amide bonds. The Labute approximate surface area is 125 Å². The van der Waals surface area contributed by atoms with Crippen molar-refractivity contribution in [1.82, 2.24) is 5.32 Å². The fourth-order valence-electron chi connectivity index (χ4n) is 1.70. The van der Waals surface area contributed by atoms with Crippen molar-refractivity contribution in [2.45, 2.75) is 19.9 Å². The maximum atomic E-state index is 7.86. The molecule has 0 heterocycles. The third kappa shape index (κ3) is 5.66. The van der Waals surface area contributed by atoms with Gasteiger partial charge in [0.2, 0.25) is 0 Å². The molecule has 0 aromatic heterocycles. The summed E-state index contributed by atoms with van der Waals surface area (Å²) in [6.07, 6.45) is 2.82. The monoisotopic (exact) mass is 289 g/mol. The highest BCUT2D eigenvalue weighted by Gasteiger charge is 2.11. The van der Waals surface area contributed by atoms with E-state index in [0.29, 0.717) is 18.8 Å². The van der Waals surface area contributed by atoms with Gasteiger partial charge in [0.25, 0.3) is 0 Å². The number of allylic oxidation sites excluding steroid dienone is 1. The summed E-state index contributed by atoms with van der Waals surface area (Å²) < 4.78 is 5.61. The first kappa shape index (κ1) is 16.7. The smallest absolute Gasteiger partial charge is 0.137 e. The normalized spacial score (nSPS) is 13.2. The van der Waals surface area contributed by atoms with Crippen molar-refractivity contribution in [3.8, 4) is 5.75 Å². The van der Waals surface area contributed by atoms with Gasteiger partial charge in [0.1, 0.15) is 18.2 Å². The molecule has 1 aromatic rings. The number of nitrogens with two attached hydrogens (primary N) is 2. The molecule has 0 bridgehead atoms. The van der Waals surface area contributed by atoms with Crippen LogP contribution >= 0.6 is 0 Å². The molecule has 0 aliphatic heterocycles. The fraction of sp³-hybridized carbons (Fsp3) is 0.333. The van der Waals surface area contributed by atoms with Gasteiger partial charge in [-0.25, -0.2) is 0 Å². The van der Waals surface area contributed by atoms with E-state index in [1.807, 2.05) is 31.2 Å². The fourth-order valence-corrected chi connectivity index (χ4v) is 1.70. The highest BCUT2D eigenvalue weighted by Crippen LogP contribution is 2.24. The molecular formula is C15H23N5O. The second-order valence-electron chi connectivity index (χ2n) is 4.52. The number of rotatable bonds is 7. The van der Waals surface area contributed by atoms with Crippen LogP contribution in [-0.4, -0.2) is 25.2 Å². The van der Waals surface area contributed by atoms with Crippen molar-refractivity contribution in [2.24, 2.45) is 16.5 Å². The first-order chi connectivity index (χ1) is 10.1. The Bertz CT molecular complexity index is 525. The molecule has 0 aliphatic rings. The number of hydrogen-bond donors (Lipinski definition) is 4. The van der Waals surface area contributed by atoms with Crippen molar-refractivity contribution < 1.29 is 4.74 Å². The Morgan fingerprint density at radius 3 is 2.86 bits per heavy atom. The van der Waals surface area contributed by atoms with E-state index in [2.05, 4.69) is 10.3 Å². The number of benzene rings is 1. The summed E-state index contributed by atoms with van der Waals surface area (Å²) in [6.45, 7) is 4.65. The molecule has 0 spiro atoms. The van der Waals surface area contributed by atoms with E-state index in [1.54, 1.807) is 6.92 Å². The number of nitrogens with one attached hydrogen (secondary N) is 2. The van der Waals surface area contributed by atoms with Crippen LogP contribution in [0.25, 0.3) is 0 Å². The SMILES string of the molecule is CC(=C/N)/N=C\C(=N)NC(C)c1ccccc1OCCN. The zero-order chi connectivity index (χ0) is 15.7. The molecule has 0 saturated heterocycles. The lowest BCUT2D eigenvalue weighted by molar-refractivity contribution is 0.322. The topological polar surface area (TPSA) is 110 Å². The highest BCUT2D eigenvalue weighted by molar-refractivity contribution is 6.28. The second-order valence-corrected chi connectivity index (χ2v) is 4.52. The van der Waals surface area contributed by atoms with E-state index in [4.69, 9.17) is 21.6 Å². The largest absolute Gasteiger partial charge is 0.492 e. The Morgan fingerprint density at radius 1 is 1.48 bits per heavy atom. The van der Waals surface area contributed by atoms with Gasteiger partial charge in [0, 0.05) is 18.3 Å². The molecule has 1 aromatic carbocycles. The molecule has 21 heavy (non-hydrogen) atoms. The lowest BCUT2D eigenvalue weighted by Crippen LogP contribution is -2.27. The Kier molecular flexibility index (Phi) is 6.97. The number of para-hydroxylation sites is 1. The molecule has 6 N–H and O–H groups in total. The number of nitrogens with zero attached hydrogens (tertiary/aromatic N) is 1. The van der Waals surface area contributed by atoms with Crippen LogP contribution in [0.5, 0.6) is 5.75 Å². The zero-order valence-corrected chi connectivity index (χ0v) is 12.5. The number of ether oxygens (including phenoxy) is 1. The molecule has 1 rings (SSSR count). The van der Waals surface area contributed by atoms with Gasteiger partial charge in [-0.1, -0.05) is 18.2 Å². The summed E-state index contributed by atoms with van der Waals surface area (Å²) in [4.78, 5) is 4.04. The molecule has 6 heteroatoms. The van der Waals surface area contributed by atoms with Gasteiger partial charge in [-0.15, -0.1) is 0 Å². The Balaban J connectivity index is 2.73. The lowest BCUT2D eigenvalue weighted by Gasteiger charge is -2.18. The number of amidine groups is 1. The van der Waals surface area contributed by atoms with Crippen molar-refractivity contribution >= 4 is 12.1 Å². The predicted molar refractivity (Wildman–Crippen MR) is 86.7 cm³/mol. The van der Waals surface area contributed by atoms with Gasteiger partial charge in [0.15, 0.2) is 0 Å². The van der Waals surface area contributed by atoms with Gasteiger partial charge in [-0.3, -0.25) is 10.4 Å². The third-order valence-corrected chi connectivity index (χ3v) is 2.77. The van der Waals surface area contributed by atoms with Crippen LogP contribution in [0.3, 0.4) is 0 Å². The minimum Gasteiger partial charge on any atom is -0.492 e. The summed E-state index contributed by atoms with van der Waals surface area (Å²) in [5, 5.41) is 10.9. The first-order valence-electron chi connectivity index (χ1n) is 6.78. The summed E-state index contributed by atoms with van der Waals surface area (Å²) >= 11 is 0. The van der Waals surface area contributed by atoms with Gasteiger partial charge in [0.05, 0.1) is 18.0 Å². The van der Waals surface area contributed by atoms with E-state index < -0.39 is 0 Å². The van der Waals surface area contributed by atoms with Crippen molar-refractivity contribution in [2.75, 3.05) is 13.2 Å². The van der Waals surface area contributed by atoms with Gasteiger partial charge < -0.3 is 21.5 Å². The Morgan fingerprint density at radius 2 is 2.19 bits per heavy atom. The van der Waals surface area contributed by atoms with Crippen LogP contribution in [0.2, 0.25) is 0 Å². The predicted octanol–water partition coefficient (Wildman–Crippen LogP) is 1.54. The van der Waals surface area contributed by atoms with Gasteiger partial charge in [-0.2, -0.15) is 0 Å². The maximum Gasteiger partial charge on any atom is 0.137 e. The van der Waals surface area contributed by atoms with Crippen LogP contribution in [0.15, 0.2) is 41.2 Å². The van der Waals surface area contributed by atoms with E-state index in [-0.39, 0.29) is 11.9 Å². The lowest BCUT2D eigenvalue weighted by atomic mass is 10.1. The highest BCUT2D eigenvalue weighted by atomic mass is 16.5. The summed E-state index contributed by atoms with van der Waals surface area (Å²) in [7, 11) is 0. The van der Waals surface area contributed by atoms with E-state index >= 15 is 0 Å². The van der Waals surface area contributed by atoms with Crippen LogP contribution in [0, 0.1) is 5.41 Å². The average molecular weight is 289 g/mol. The van der Waals surface area contributed by atoms with E-state index in [9.17, 15) is 0 Å².